The molecule has 0 saturated carbocycles. The van der Waals surface area contributed by atoms with Crippen LogP contribution in [0.4, 0.5) is 0 Å². The van der Waals surface area contributed by atoms with Gasteiger partial charge in [-0.2, -0.15) is 0 Å². The van der Waals surface area contributed by atoms with E-state index in [2.05, 4.69) is 22.5 Å². The van der Waals surface area contributed by atoms with E-state index in [1.165, 1.54) is 12.8 Å². The topological polar surface area (TPSA) is 44.4 Å². The quantitative estimate of drug-likeness (QED) is 0.653. The molecule has 0 radical (unpaired) electrons. The predicted octanol–water partition coefficient (Wildman–Crippen LogP) is 0.587. The monoisotopic (exact) mass is 227 g/mol. The molecule has 1 saturated heterocycles. The lowest BCUT2D eigenvalue weighted by Crippen LogP contribution is -2.47. The number of carbonyl (C=O) groups excluding carboxylic acids is 1. The number of amides is 1. The van der Waals surface area contributed by atoms with Crippen LogP contribution in [0.3, 0.4) is 0 Å². The predicted molar refractivity (Wildman–Crippen MR) is 66.4 cm³/mol. The molecule has 16 heavy (non-hydrogen) atoms. The Morgan fingerprint density at radius 3 is 3.00 bits per heavy atom. The highest BCUT2D eigenvalue weighted by atomic mass is 16.2. The minimum absolute atomic E-state index is 0.154. The summed E-state index contributed by atoms with van der Waals surface area (Å²) in [6.07, 6.45) is 4.61. The third-order valence-electron chi connectivity index (χ3n) is 3.14. The van der Waals surface area contributed by atoms with E-state index in [-0.39, 0.29) is 5.91 Å². The maximum absolute atomic E-state index is 11.6. The molecule has 0 bridgehead atoms. The van der Waals surface area contributed by atoms with Crippen LogP contribution in [0.5, 0.6) is 0 Å². The van der Waals surface area contributed by atoms with Crippen LogP contribution in [-0.4, -0.2) is 50.1 Å². The second-order valence-electron chi connectivity index (χ2n) is 4.62. The lowest BCUT2D eigenvalue weighted by Gasteiger charge is -2.31. The molecule has 1 aliphatic heterocycles. The molecule has 0 aliphatic carbocycles. The third-order valence-corrected chi connectivity index (χ3v) is 3.14. The van der Waals surface area contributed by atoms with E-state index in [1.807, 2.05) is 7.05 Å². The van der Waals surface area contributed by atoms with Crippen molar-refractivity contribution in [2.24, 2.45) is 0 Å². The summed E-state index contributed by atoms with van der Waals surface area (Å²) in [7, 11) is 2.04. The summed E-state index contributed by atoms with van der Waals surface area (Å²) in [4.78, 5) is 13.8. The standard InChI is InChI=1S/C12H25N3O/c1-3-4-8-14-12(16)10-15(2)11-6-5-7-13-9-11/h11,13H,3-10H2,1-2H3,(H,14,16)/t11-/m1/s1. The van der Waals surface area contributed by atoms with Crippen LogP contribution in [0, 0.1) is 0 Å². The molecule has 1 atom stereocenters. The maximum Gasteiger partial charge on any atom is 0.234 e. The molecule has 0 unspecified atom stereocenters. The minimum atomic E-state index is 0.154. The van der Waals surface area contributed by atoms with E-state index in [4.69, 9.17) is 0 Å². The van der Waals surface area contributed by atoms with Crippen LogP contribution in [0.15, 0.2) is 0 Å². The Hall–Kier alpha value is -0.610. The van der Waals surface area contributed by atoms with Crippen molar-refractivity contribution in [2.45, 2.75) is 38.6 Å². The van der Waals surface area contributed by atoms with Gasteiger partial charge in [0.15, 0.2) is 0 Å². The van der Waals surface area contributed by atoms with Gasteiger partial charge in [-0.3, -0.25) is 9.69 Å². The summed E-state index contributed by atoms with van der Waals surface area (Å²) in [5, 5.41) is 6.32. The average Bonchev–Trinajstić information content (AvgIpc) is 2.30. The van der Waals surface area contributed by atoms with Gasteiger partial charge in [0, 0.05) is 19.1 Å². The van der Waals surface area contributed by atoms with Gasteiger partial charge in [0.05, 0.1) is 6.54 Å². The molecule has 0 spiro atoms. The number of piperidine rings is 1. The Balaban J connectivity index is 2.16. The minimum Gasteiger partial charge on any atom is -0.355 e. The molecule has 1 heterocycles. The third kappa shape index (κ3) is 4.94. The molecule has 1 aliphatic rings. The molecule has 4 nitrogen and oxygen atoms in total. The van der Waals surface area contributed by atoms with Crippen LogP contribution in [0.25, 0.3) is 0 Å². The number of rotatable bonds is 6. The summed E-state index contributed by atoms with van der Waals surface area (Å²) >= 11 is 0. The van der Waals surface area contributed by atoms with E-state index in [0.29, 0.717) is 12.6 Å². The first-order valence-corrected chi connectivity index (χ1v) is 6.41. The first-order valence-electron chi connectivity index (χ1n) is 6.41. The van der Waals surface area contributed by atoms with Crippen molar-refractivity contribution in [2.75, 3.05) is 33.2 Å². The highest BCUT2D eigenvalue weighted by Gasteiger charge is 2.19. The van der Waals surface area contributed by atoms with Crippen molar-refractivity contribution in [1.82, 2.24) is 15.5 Å². The number of hydrogen-bond acceptors (Lipinski definition) is 3. The van der Waals surface area contributed by atoms with Gasteiger partial charge in [-0.1, -0.05) is 13.3 Å². The number of carbonyl (C=O) groups is 1. The zero-order valence-corrected chi connectivity index (χ0v) is 10.6. The first-order chi connectivity index (χ1) is 7.74. The molecule has 1 fully saturated rings. The van der Waals surface area contributed by atoms with Crippen molar-refractivity contribution in [3.8, 4) is 0 Å². The van der Waals surface area contributed by atoms with Crippen LogP contribution in [0.1, 0.15) is 32.6 Å². The lowest BCUT2D eigenvalue weighted by molar-refractivity contribution is -0.122. The Bertz CT molecular complexity index is 202. The van der Waals surface area contributed by atoms with Gasteiger partial charge in [0.2, 0.25) is 5.91 Å². The van der Waals surface area contributed by atoms with Crippen LogP contribution in [0.2, 0.25) is 0 Å². The van der Waals surface area contributed by atoms with Crippen molar-refractivity contribution >= 4 is 5.91 Å². The van der Waals surface area contributed by atoms with Gasteiger partial charge >= 0.3 is 0 Å². The SMILES string of the molecule is CCCCNC(=O)CN(C)[C@@H]1CCCNC1. The number of likely N-dealkylation sites (N-methyl/N-ethyl adjacent to an activating group) is 1. The number of hydrogen-bond donors (Lipinski definition) is 2. The Morgan fingerprint density at radius 2 is 2.38 bits per heavy atom. The highest BCUT2D eigenvalue weighted by Crippen LogP contribution is 2.07. The number of nitrogens with one attached hydrogen (secondary N) is 2. The van der Waals surface area contributed by atoms with Crippen LogP contribution < -0.4 is 10.6 Å². The summed E-state index contributed by atoms with van der Waals surface area (Å²) < 4.78 is 0. The molecular formula is C12H25N3O. The van der Waals surface area contributed by atoms with Gasteiger partial charge in [-0.25, -0.2) is 0 Å². The van der Waals surface area contributed by atoms with Gasteiger partial charge in [0.25, 0.3) is 0 Å². The van der Waals surface area contributed by atoms with E-state index in [0.717, 1.165) is 32.5 Å². The molecular weight excluding hydrogens is 202 g/mol. The Labute approximate surface area is 98.8 Å². The highest BCUT2D eigenvalue weighted by molar-refractivity contribution is 5.77. The largest absolute Gasteiger partial charge is 0.355 e. The fourth-order valence-electron chi connectivity index (χ4n) is 2.03. The van der Waals surface area contributed by atoms with Crippen molar-refractivity contribution in [1.29, 1.82) is 0 Å². The van der Waals surface area contributed by atoms with E-state index in [1.54, 1.807) is 0 Å². The summed E-state index contributed by atoms with van der Waals surface area (Å²) in [5.74, 6) is 0.154. The number of unbranched alkanes of at least 4 members (excludes halogenated alkanes) is 1. The number of nitrogens with zero attached hydrogens (tertiary/aromatic N) is 1. The smallest absolute Gasteiger partial charge is 0.234 e. The van der Waals surface area contributed by atoms with Gasteiger partial charge in [-0.05, 0) is 32.9 Å². The molecule has 1 rings (SSSR count). The lowest BCUT2D eigenvalue weighted by atomic mass is 10.1. The van der Waals surface area contributed by atoms with E-state index >= 15 is 0 Å². The van der Waals surface area contributed by atoms with Crippen LogP contribution >= 0.6 is 0 Å². The van der Waals surface area contributed by atoms with Crippen LogP contribution in [-0.2, 0) is 4.79 Å². The molecule has 1 amide bonds. The molecule has 94 valence electrons. The second kappa shape index (κ2) is 7.63. The Morgan fingerprint density at radius 1 is 1.56 bits per heavy atom. The zero-order chi connectivity index (χ0) is 11.8. The first kappa shape index (κ1) is 13.5. The Kier molecular flexibility index (Phi) is 6.42. The summed E-state index contributed by atoms with van der Waals surface area (Å²) in [6, 6.07) is 0.519. The molecule has 0 aromatic carbocycles. The molecule has 0 aromatic rings. The normalized spacial score (nSPS) is 21.1. The van der Waals surface area contributed by atoms with Crippen molar-refractivity contribution in [3.05, 3.63) is 0 Å². The molecule has 4 heteroatoms. The average molecular weight is 227 g/mol. The summed E-state index contributed by atoms with van der Waals surface area (Å²) in [5.41, 5.74) is 0. The van der Waals surface area contributed by atoms with Gasteiger partial charge in [-0.15, -0.1) is 0 Å². The van der Waals surface area contributed by atoms with E-state index < -0.39 is 0 Å². The van der Waals surface area contributed by atoms with Gasteiger partial charge < -0.3 is 10.6 Å². The fraction of sp³-hybridized carbons (Fsp3) is 0.917. The van der Waals surface area contributed by atoms with Crippen molar-refractivity contribution in [3.63, 3.8) is 0 Å². The van der Waals surface area contributed by atoms with E-state index in [9.17, 15) is 4.79 Å². The molecule has 0 aromatic heterocycles. The zero-order valence-electron chi connectivity index (χ0n) is 10.6. The fourth-order valence-corrected chi connectivity index (χ4v) is 2.03. The summed E-state index contributed by atoms with van der Waals surface area (Å²) in [6.45, 7) is 5.60. The van der Waals surface area contributed by atoms with Gasteiger partial charge in [0.1, 0.15) is 0 Å². The maximum atomic E-state index is 11.6. The molecule has 2 N–H and O–H groups in total. The second-order valence-corrected chi connectivity index (χ2v) is 4.62. The van der Waals surface area contributed by atoms with Crippen molar-refractivity contribution < 1.29 is 4.79 Å².